The van der Waals surface area contributed by atoms with Gasteiger partial charge in [0.1, 0.15) is 0 Å². The molecule has 120 valence electrons. The van der Waals surface area contributed by atoms with Crippen LogP contribution in [-0.2, 0) is 4.74 Å². The summed E-state index contributed by atoms with van der Waals surface area (Å²) in [6.45, 7) is 3.15. The van der Waals surface area contributed by atoms with Gasteiger partial charge in [0.05, 0.1) is 12.2 Å². The van der Waals surface area contributed by atoms with Gasteiger partial charge in [-0.25, -0.2) is 0 Å². The van der Waals surface area contributed by atoms with Gasteiger partial charge >= 0.3 is 0 Å². The first-order chi connectivity index (χ1) is 10.2. The molecule has 2 fully saturated rings. The molecule has 1 heterocycles. The topological polar surface area (TPSA) is 29.5 Å². The third kappa shape index (κ3) is 3.90. The minimum absolute atomic E-state index is 0.127. The van der Waals surface area contributed by atoms with Crippen molar-refractivity contribution >= 4 is 0 Å². The highest BCUT2D eigenvalue weighted by Gasteiger charge is 2.35. The largest absolute Gasteiger partial charge is 0.393 e. The quantitative estimate of drug-likeness (QED) is 0.785. The maximum absolute atomic E-state index is 9.80. The van der Waals surface area contributed by atoms with Crippen LogP contribution in [0.5, 0.6) is 0 Å². The Balaban J connectivity index is 1.58. The summed E-state index contributed by atoms with van der Waals surface area (Å²) >= 11 is 0. The Hall–Kier alpha value is -0.340. The Kier molecular flexibility index (Phi) is 5.39. The summed E-state index contributed by atoms with van der Waals surface area (Å²) < 4.78 is 5.86. The second-order valence-electron chi connectivity index (χ2n) is 7.62. The second-order valence-corrected chi connectivity index (χ2v) is 7.62. The molecule has 0 aromatic heterocycles. The molecular weight excluding hydrogens is 260 g/mol. The lowest BCUT2D eigenvalue weighted by Crippen LogP contribution is -2.33. The Morgan fingerprint density at radius 3 is 2.76 bits per heavy atom. The summed E-state index contributed by atoms with van der Waals surface area (Å²) in [4.78, 5) is 0. The van der Waals surface area contributed by atoms with Crippen LogP contribution in [0.25, 0.3) is 0 Å². The van der Waals surface area contributed by atoms with Crippen LogP contribution in [0.3, 0.4) is 0 Å². The molecule has 0 radical (unpaired) electrons. The van der Waals surface area contributed by atoms with Crippen LogP contribution in [0.1, 0.15) is 64.7 Å². The van der Waals surface area contributed by atoms with Gasteiger partial charge in [0.2, 0.25) is 0 Å². The number of ether oxygens (including phenoxy) is 1. The van der Waals surface area contributed by atoms with Crippen LogP contribution >= 0.6 is 0 Å². The van der Waals surface area contributed by atoms with Crippen LogP contribution in [0.15, 0.2) is 12.2 Å². The molecule has 0 aromatic rings. The van der Waals surface area contributed by atoms with Gasteiger partial charge in [-0.15, -0.1) is 0 Å². The molecule has 0 amide bonds. The van der Waals surface area contributed by atoms with Gasteiger partial charge in [-0.1, -0.05) is 38.3 Å². The number of rotatable bonds is 3. The lowest BCUT2D eigenvalue weighted by Gasteiger charge is -2.39. The molecule has 1 saturated carbocycles. The van der Waals surface area contributed by atoms with E-state index in [9.17, 15) is 5.11 Å². The van der Waals surface area contributed by atoms with Gasteiger partial charge in [-0.2, -0.15) is 0 Å². The molecule has 6 atom stereocenters. The zero-order valence-corrected chi connectivity index (χ0v) is 13.5. The summed E-state index contributed by atoms with van der Waals surface area (Å²) in [7, 11) is 0. The third-order valence-electron chi connectivity index (χ3n) is 6.17. The smallest absolute Gasteiger partial charge is 0.0599 e. The molecule has 2 nitrogen and oxygen atoms in total. The molecule has 3 rings (SSSR count). The molecule has 21 heavy (non-hydrogen) atoms. The molecule has 0 spiro atoms. The number of allylic oxidation sites excluding steroid dienone is 2. The first kappa shape index (κ1) is 15.6. The van der Waals surface area contributed by atoms with Crippen molar-refractivity contribution in [2.75, 3.05) is 6.61 Å². The normalized spacial score (nSPS) is 44.1. The van der Waals surface area contributed by atoms with Crippen molar-refractivity contribution in [1.82, 2.24) is 0 Å². The predicted octanol–water partition coefficient (Wildman–Crippen LogP) is 4.33. The van der Waals surface area contributed by atoms with Gasteiger partial charge in [0.25, 0.3) is 0 Å². The van der Waals surface area contributed by atoms with Crippen molar-refractivity contribution in [2.45, 2.75) is 76.9 Å². The van der Waals surface area contributed by atoms with E-state index in [-0.39, 0.29) is 6.10 Å². The fourth-order valence-corrected chi connectivity index (χ4v) is 4.90. The number of hydrogen-bond donors (Lipinski definition) is 1. The van der Waals surface area contributed by atoms with Crippen molar-refractivity contribution in [2.24, 2.45) is 23.7 Å². The highest BCUT2D eigenvalue weighted by atomic mass is 16.5. The van der Waals surface area contributed by atoms with Crippen molar-refractivity contribution in [3.05, 3.63) is 12.2 Å². The van der Waals surface area contributed by atoms with Crippen LogP contribution < -0.4 is 0 Å². The van der Waals surface area contributed by atoms with E-state index in [4.69, 9.17) is 4.74 Å². The highest BCUT2D eigenvalue weighted by molar-refractivity contribution is 5.04. The summed E-state index contributed by atoms with van der Waals surface area (Å²) in [6.07, 6.45) is 16.4. The molecular formula is C19H32O2. The summed E-state index contributed by atoms with van der Waals surface area (Å²) in [5.41, 5.74) is 0. The number of aliphatic hydroxyl groups is 1. The van der Waals surface area contributed by atoms with Crippen molar-refractivity contribution < 1.29 is 9.84 Å². The van der Waals surface area contributed by atoms with Crippen LogP contribution in [0.4, 0.5) is 0 Å². The number of hydrogen-bond acceptors (Lipinski definition) is 2. The van der Waals surface area contributed by atoms with Crippen LogP contribution in [-0.4, -0.2) is 23.9 Å². The maximum Gasteiger partial charge on any atom is 0.0599 e. The molecule has 5 unspecified atom stereocenters. The lowest BCUT2D eigenvalue weighted by atomic mass is 9.67. The fraction of sp³-hybridized carbons (Fsp3) is 0.895. The SMILES string of the molecule is CC1C=CC2CCCCCC2C1CC[C@@H]1CC(O)CCO1. The van der Waals surface area contributed by atoms with E-state index in [0.717, 1.165) is 49.5 Å². The van der Waals surface area contributed by atoms with Crippen LogP contribution in [0, 0.1) is 23.7 Å². The third-order valence-corrected chi connectivity index (χ3v) is 6.17. The molecule has 1 saturated heterocycles. The van der Waals surface area contributed by atoms with E-state index in [2.05, 4.69) is 19.1 Å². The minimum atomic E-state index is -0.127. The van der Waals surface area contributed by atoms with E-state index >= 15 is 0 Å². The van der Waals surface area contributed by atoms with E-state index in [1.54, 1.807) is 0 Å². The molecule has 3 aliphatic rings. The molecule has 2 heteroatoms. The zero-order chi connectivity index (χ0) is 14.7. The van der Waals surface area contributed by atoms with Crippen molar-refractivity contribution in [3.63, 3.8) is 0 Å². The molecule has 1 aliphatic heterocycles. The Morgan fingerprint density at radius 1 is 1.05 bits per heavy atom. The number of fused-ring (bicyclic) bond motifs is 1. The molecule has 0 aromatic carbocycles. The monoisotopic (exact) mass is 292 g/mol. The summed E-state index contributed by atoms with van der Waals surface area (Å²) in [5, 5.41) is 9.80. The van der Waals surface area contributed by atoms with E-state index in [0.29, 0.717) is 6.10 Å². The van der Waals surface area contributed by atoms with Gasteiger partial charge < -0.3 is 9.84 Å². The van der Waals surface area contributed by atoms with Gasteiger partial charge in [-0.3, -0.25) is 0 Å². The highest BCUT2D eigenvalue weighted by Crippen LogP contribution is 2.44. The van der Waals surface area contributed by atoms with E-state index < -0.39 is 0 Å². The van der Waals surface area contributed by atoms with Gasteiger partial charge in [0.15, 0.2) is 0 Å². The zero-order valence-electron chi connectivity index (χ0n) is 13.5. The maximum atomic E-state index is 9.80. The number of aliphatic hydroxyl groups excluding tert-OH is 1. The standard InChI is InChI=1S/C19H32O2/c1-14-7-8-15-5-3-2-4-6-19(15)18(14)10-9-17-13-16(20)11-12-21-17/h7-8,14-20H,2-6,9-13H2,1H3/t14?,15?,16?,17-,18?,19?/m1/s1. The Morgan fingerprint density at radius 2 is 1.90 bits per heavy atom. The summed E-state index contributed by atoms with van der Waals surface area (Å²) in [5.74, 6) is 3.30. The first-order valence-corrected chi connectivity index (χ1v) is 9.22. The Bertz CT molecular complexity index is 351. The first-order valence-electron chi connectivity index (χ1n) is 9.22. The lowest BCUT2D eigenvalue weighted by molar-refractivity contribution is -0.0504. The van der Waals surface area contributed by atoms with Crippen molar-refractivity contribution in [3.8, 4) is 0 Å². The van der Waals surface area contributed by atoms with E-state index in [1.807, 2.05) is 0 Å². The predicted molar refractivity (Wildman–Crippen MR) is 86.1 cm³/mol. The van der Waals surface area contributed by atoms with Crippen molar-refractivity contribution in [1.29, 1.82) is 0 Å². The summed E-state index contributed by atoms with van der Waals surface area (Å²) in [6, 6.07) is 0. The fourth-order valence-electron chi connectivity index (χ4n) is 4.90. The molecule has 0 bridgehead atoms. The van der Waals surface area contributed by atoms with E-state index in [1.165, 1.54) is 38.5 Å². The average Bonchev–Trinajstić information content (AvgIpc) is 2.72. The van der Waals surface area contributed by atoms with Gasteiger partial charge in [0, 0.05) is 6.61 Å². The van der Waals surface area contributed by atoms with Gasteiger partial charge in [-0.05, 0) is 62.2 Å². The average molecular weight is 292 g/mol. The molecule has 1 N–H and O–H groups in total. The van der Waals surface area contributed by atoms with Crippen LogP contribution in [0.2, 0.25) is 0 Å². The molecule has 2 aliphatic carbocycles. The Labute approximate surface area is 130 Å². The minimum Gasteiger partial charge on any atom is -0.393 e. The second kappa shape index (κ2) is 7.28.